The van der Waals surface area contributed by atoms with E-state index in [4.69, 9.17) is 5.73 Å². The quantitative estimate of drug-likeness (QED) is 0.710. The Kier molecular flexibility index (Phi) is 2.90. The molecule has 0 aliphatic carbocycles. The maximum Gasteiger partial charge on any atom is 0.00769 e. The normalized spacial score (nSPS) is 13.4. The van der Waals surface area contributed by atoms with E-state index in [1.54, 1.807) is 11.3 Å². The summed E-state index contributed by atoms with van der Waals surface area (Å²) in [7, 11) is 0. The van der Waals surface area contributed by atoms with Crippen LogP contribution in [0.5, 0.6) is 0 Å². The zero-order valence-corrected chi connectivity index (χ0v) is 7.03. The highest BCUT2D eigenvalue weighted by Gasteiger charge is 1.99. The Balaban J connectivity index is 2.40. The van der Waals surface area contributed by atoms with Gasteiger partial charge in [-0.2, -0.15) is 11.3 Å². The van der Waals surface area contributed by atoms with Crippen LogP contribution in [-0.4, -0.2) is 6.04 Å². The summed E-state index contributed by atoms with van der Waals surface area (Å²) in [6.45, 7) is 2.12. The molecule has 0 saturated carbocycles. The fraction of sp³-hybridized carbons (Fsp3) is 0.500. The zero-order chi connectivity index (χ0) is 7.40. The molecule has 1 nitrogen and oxygen atoms in total. The molecule has 0 fully saturated rings. The largest absolute Gasteiger partial charge is 0.327 e. The van der Waals surface area contributed by atoms with Crippen molar-refractivity contribution in [1.82, 2.24) is 0 Å². The van der Waals surface area contributed by atoms with E-state index in [9.17, 15) is 0 Å². The average molecular weight is 155 g/mol. The van der Waals surface area contributed by atoms with Gasteiger partial charge >= 0.3 is 0 Å². The molecule has 1 heterocycles. The summed E-state index contributed by atoms with van der Waals surface area (Å²) in [5.41, 5.74) is 7.14. The van der Waals surface area contributed by atoms with Gasteiger partial charge in [-0.25, -0.2) is 0 Å². The molecule has 56 valence electrons. The lowest BCUT2D eigenvalue weighted by molar-refractivity contribution is 0.647. The topological polar surface area (TPSA) is 26.0 Å². The molecule has 0 aliphatic rings. The van der Waals surface area contributed by atoms with Crippen LogP contribution in [0.1, 0.15) is 18.9 Å². The van der Waals surface area contributed by atoms with Crippen LogP contribution < -0.4 is 5.73 Å². The summed E-state index contributed by atoms with van der Waals surface area (Å²) in [5.74, 6) is 0. The van der Waals surface area contributed by atoms with Crippen molar-refractivity contribution in [2.75, 3.05) is 0 Å². The summed E-state index contributed by atoms with van der Waals surface area (Å²) in [6, 6.07) is 2.48. The second-order valence-electron chi connectivity index (χ2n) is 2.50. The monoisotopic (exact) mass is 155 g/mol. The highest BCUT2D eigenvalue weighted by atomic mass is 32.1. The van der Waals surface area contributed by atoms with Gasteiger partial charge in [0.25, 0.3) is 0 Å². The average Bonchev–Trinajstić information content (AvgIpc) is 2.40. The molecule has 0 bridgehead atoms. The maximum absolute atomic E-state index is 5.77. The van der Waals surface area contributed by atoms with E-state index in [-0.39, 0.29) is 0 Å². The van der Waals surface area contributed by atoms with Crippen LogP contribution in [-0.2, 0) is 6.42 Å². The number of nitrogens with two attached hydrogens (primary N) is 1. The van der Waals surface area contributed by atoms with Crippen molar-refractivity contribution in [3.8, 4) is 0 Å². The Morgan fingerprint density at radius 3 is 3.00 bits per heavy atom. The second-order valence-corrected chi connectivity index (χ2v) is 3.28. The summed E-state index contributed by atoms with van der Waals surface area (Å²) in [5, 5.41) is 4.26. The van der Waals surface area contributed by atoms with Gasteiger partial charge in [-0.1, -0.05) is 6.92 Å². The zero-order valence-electron chi connectivity index (χ0n) is 6.21. The first-order valence-electron chi connectivity index (χ1n) is 3.59. The van der Waals surface area contributed by atoms with Crippen LogP contribution >= 0.6 is 11.3 Å². The molecule has 1 unspecified atom stereocenters. The molecule has 1 aromatic rings. The minimum atomic E-state index is 0.342. The van der Waals surface area contributed by atoms with E-state index in [1.165, 1.54) is 5.56 Å². The molecule has 0 aliphatic heterocycles. The van der Waals surface area contributed by atoms with E-state index >= 15 is 0 Å². The number of hydrogen-bond donors (Lipinski definition) is 1. The first-order chi connectivity index (χ1) is 4.83. The summed E-state index contributed by atoms with van der Waals surface area (Å²) in [4.78, 5) is 0. The molecule has 1 rings (SSSR count). The predicted octanol–water partition coefficient (Wildman–Crippen LogP) is 2.03. The van der Waals surface area contributed by atoms with Crippen LogP contribution in [0.15, 0.2) is 16.8 Å². The molecule has 1 aromatic heterocycles. The van der Waals surface area contributed by atoms with Crippen molar-refractivity contribution in [2.45, 2.75) is 25.8 Å². The maximum atomic E-state index is 5.77. The molecule has 0 aromatic carbocycles. The van der Waals surface area contributed by atoms with E-state index < -0.39 is 0 Å². The van der Waals surface area contributed by atoms with Gasteiger partial charge < -0.3 is 5.73 Å². The van der Waals surface area contributed by atoms with Gasteiger partial charge in [0.05, 0.1) is 0 Å². The molecule has 0 radical (unpaired) electrons. The fourth-order valence-corrected chi connectivity index (χ4v) is 1.54. The van der Waals surface area contributed by atoms with Gasteiger partial charge in [-0.05, 0) is 35.2 Å². The number of hydrogen-bond acceptors (Lipinski definition) is 2. The highest BCUT2D eigenvalue weighted by Crippen LogP contribution is 2.08. The molecule has 2 N–H and O–H groups in total. The van der Waals surface area contributed by atoms with Crippen LogP contribution in [0, 0.1) is 0 Å². The van der Waals surface area contributed by atoms with Gasteiger partial charge in [0.15, 0.2) is 0 Å². The van der Waals surface area contributed by atoms with Crippen molar-refractivity contribution in [1.29, 1.82) is 0 Å². The number of rotatable bonds is 3. The van der Waals surface area contributed by atoms with E-state index in [0.29, 0.717) is 6.04 Å². The van der Waals surface area contributed by atoms with Crippen molar-refractivity contribution in [3.05, 3.63) is 22.4 Å². The Morgan fingerprint density at radius 1 is 1.70 bits per heavy atom. The van der Waals surface area contributed by atoms with Crippen LogP contribution in [0.2, 0.25) is 0 Å². The van der Waals surface area contributed by atoms with Gasteiger partial charge in [-0.3, -0.25) is 0 Å². The second kappa shape index (κ2) is 3.74. The minimum absolute atomic E-state index is 0.342. The van der Waals surface area contributed by atoms with Crippen molar-refractivity contribution < 1.29 is 0 Å². The van der Waals surface area contributed by atoms with Gasteiger partial charge in [0.2, 0.25) is 0 Å². The smallest absolute Gasteiger partial charge is 0.00769 e. The SMILES string of the molecule is CCC(N)Cc1ccsc1. The number of thiophene rings is 1. The van der Waals surface area contributed by atoms with E-state index in [1.807, 2.05) is 0 Å². The Hall–Kier alpha value is -0.340. The Bertz CT molecular complexity index is 169. The molecular formula is C8H13NS. The molecule has 0 saturated heterocycles. The van der Waals surface area contributed by atoms with Crippen LogP contribution in [0.25, 0.3) is 0 Å². The standard InChI is InChI=1S/C8H13NS/c1-2-8(9)5-7-3-4-10-6-7/h3-4,6,8H,2,5,9H2,1H3. The third-order valence-corrected chi connectivity index (χ3v) is 2.33. The van der Waals surface area contributed by atoms with Crippen LogP contribution in [0.3, 0.4) is 0 Å². The first-order valence-corrected chi connectivity index (χ1v) is 4.54. The lowest BCUT2D eigenvalue weighted by Gasteiger charge is -2.04. The van der Waals surface area contributed by atoms with Gasteiger partial charge in [0.1, 0.15) is 0 Å². The third kappa shape index (κ3) is 2.12. The summed E-state index contributed by atoms with van der Waals surface area (Å²) >= 11 is 1.74. The summed E-state index contributed by atoms with van der Waals surface area (Å²) in [6.07, 6.45) is 2.09. The summed E-state index contributed by atoms with van der Waals surface area (Å²) < 4.78 is 0. The molecule has 1 atom stereocenters. The molecule has 0 spiro atoms. The first kappa shape index (κ1) is 7.76. The van der Waals surface area contributed by atoms with Crippen molar-refractivity contribution >= 4 is 11.3 Å². The van der Waals surface area contributed by atoms with Crippen molar-refractivity contribution in [2.24, 2.45) is 5.73 Å². The third-order valence-electron chi connectivity index (χ3n) is 1.60. The predicted molar refractivity (Wildman–Crippen MR) is 46.3 cm³/mol. The lowest BCUT2D eigenvalue weighted by atomic mass is 10.1. The van der Waals surface area contributed by atoms with Gasteiger partial charge in [0, 0.05) is 6.04 Å². The van der Waals surface area contributed by atoms with E-state index in [2.05, 4.69) is 23.8 Å². The lowest BCUT2D eigenvalue weighted by Crippen LogP contribution is -2.20. The van der Waals surface area contributed by atoms with Crippen molar-refractivity contribution in [3.63, 3.8) is 0 Å². The molecule has 2 heteroatoms. The van der Waals surface area contributed by atoms with Crippen LogP contribution in [0.4, 0.5) is 0 Å². The Morgan fingerprint density at radius 2 is 2.50 bits per heavy atom. The minimum Gasteiger partial charge on any atom is -0.327 e. The molecule has 0 amide bonds. The van der Waals surface area contributed by atoms with E-state index in [0.717, 1.165) is 12.8 Å². The van der Waals surface area contributed by atoms with Gasteiger partial charge in [-0.15, -0.1) is 0 Å². The molecule has 10 heavy (non-hydrogen) atoms. The fourth-order valence-electron chi connectivity index (χ4n) is 0.856. The highest BCUT2D eigenvalue weighted by molar-refractivity contribution is 7.07. The molecular weight excluding hydrogens is 142 g/mol. The Labute approximate surface area is 65.9 Å².